The van der Waals surface area contributed by atoms with E-state index in [4.69, 9.17) is 0 Å². The number of halogens is 1. The topological polar surface area (TPSA) is 3.24 Å². The van der Waals surface area contributed by atoms with E-state index >= 15 is 0 Å². The van der Waals surface area contributed by atoms with E-state index in [2.05, 4.69) is 49.8 Å². The van der Waals surface area contributed by atoms with Gasteiger partial charge in [-0.3, -0.25) is 4.31 Å². The second-order valence-corrected chi connectivity index (χ2v) is 13.2. The molecule has 0 bridgehead atoms. The molecule has 1 nitrogen and oxygen atoms in total. The summed E-state index contributed by atoms with van der Waals surface area (Å²) in [7, 11) is -0.436. The van der Waals surface area contributed by atoms with Gasteiger partial charge in [-0.1, -0.05) is 0 Å². The average molecular weight is 291 g/mol. The summed E-state index contributed by atoms with van der Waals surface area (Å²) < 4.78 is 2.63. The van der Waals surface area contributed by atoms with Crippen molar-refractivity contribution >= 4 is 40.4 Å². The first kappa shape index (κ1) is 9.48. The standard InChI is InChI=1S/C6H14INS2/c1-10(2,7)8-3-5-9-6-4-8/h3-6H2,1-2H3. The Kier molecular flexibility index (Phi) is 3.67. The molecule has 0 aromatic carbocycles. The van der Waals surface area contributed by atoms with Gasteiger partial charge in [0.1, 0.15) is 0 Å². The van der Waals surface area contributed by atoms with Crippen LogP contribution in [0.15, 0.2) is 0 Å². The molecule has 0 amide bonds. The van der Waals surface area contributed by atoms with E-state index in [0.29, 0.717) is 0 Å². The van der Waals surface area contributed by atoms with E-state index in [0.717, 1.165) is 0 Å². The highest BCUT2D eigenvalue weighted by molar-refractivity contribution is 14.2. The molecule has 4 heteroatoms. The molecule has 0 aromatic rings. The van der Waals surface area contributed by atoms with Gasteiger partial charge in [-0.2, -0.15) is 11.8 Å². The first-order valence-electron chi connectivity index (χ1n) is 3.36. The maximum atomic E-state index is 2.63. The number of rotatable bonds is 1. The van der Waals surface area contributed by atoms with Crippen LogP contribution in [0.4, 0.5) is 0 Å². The average Bonchev–Trinajstić information content (AvgIpc) is 1.88. The Balaban J connectivity index is 2.39. The third-order valence-corrected chi connectivity index (χ3v) is 5.79. The predicted molar refractivity (Wildman–Crippen MR) is 62.4 cm³/mol. The van der Waals surface area contributed by atoms with Crippen molar-refractivity contribution in [3.63, 3.8) is 0 Å². The molecule has 1 aliphatic heterocycles. The Morgan fingerprint density at radius 2 is 1.80 bits per heavy atom. The van der Waals surface area contributed by atoms with Crippen LogP contribution in [-0.4, -0.2) is 41.4 Å². The Bertz CT molecular complexity index is 107. The smallest absolute Gasteiger partial charge is 0.0172 e. The Hall–Kier alpha value is 1.39. The highest BCUT2D eigenvalue weighted by atomic mass is 127. The van der Waals surface area contributed by atoms with Gasteiger partial charge in [-0.25, -0.2) is 0 Å². The van der Waals surface area contributed by atoms with Gasteiger partial charge < -0.3 is 0 Å². The molecule has 0 saturated carbocycles. The van der Waals surface area contributed by atoms with Gasteiger partial charge in [0, 0.05) is 24.6 Å². The van der Waals surface area contributed by atoms with E-state index in [-0.39, 0.29) is 0 Å². The molecule has 0 atom stereocenters. The van der Waals surface area contributed by atoms with Crippen LogP contribution in [-0.2, 0) is 0 Å². The summed E-state index contributed by atoms with van der Waals surface area (Å²) in [6.07, 6.45) is 4.73. The fourth-order valence-electron chi connectivity index (χ4n) is 0.981. The summed E-state index contributed by atoms with van der Waals surface area (Å²) in [5, 5.41) is 0. The Morgan fingerprint density at radius 3 is 2.10 bits per heavy atom. The molecular formula is C6H14INS2. The van der Waals surface area contributed by atoms with E-state index in [9.17, 15) is 0 Å². The van der Waals surface area contributed by atoms with Crippen LogP contribution < -0.4 is 0 Å². The third-order valence-electron chi connectivity index (χ3n) is 1.58. The maximum Gasteiger partial charge on any atom is 0.0172 e. The van der Waals surface area contributed by atoms with Crippen LogP contribution in [0.3, 0.4) is 0 Å². The zero-order valence-electron chi connectivity index (χ0n) is 6.47. The Morgan fingerprint density at radius 1 is 1.30 bits per heavy atom. The molecule has 0 N–H and O–H groups in total. The van der Waals surface area contributed by atoms with Gasteiger partial charge in [0.2, 0.25) is 0 Å². The minimum atomic E-state index is -0.436. The normalized spacial score (nSPS) is 24.7. The zero-order chi connectivity index (χ0) is 7.61. The molecule has 1 fully saturated rings. The van der Waals surface area contributed by atoms with Crippen molar-refractivity contribution in [2.45, 2.75) is 0 Å². The molecule has 0 aromatic heterocycles. The summed E-state index contributed by atoms with van der Waals surface area (Å²) in [5.41, 5.74) is 0. The highest BCUT2D eigenvalue weighted by Gasteiger charge is 2.19. The van der Waals surface area contributed by atoms with E-state index in [1.807, 2.05) is 0 Å². The molecule has 1 heterocycles. The van der Waals surface area contributed by atoms with Crippen molar-refractivity contribution in [2.24, 2.45) is 0 Å². The maximum absolute atomic E-state index is 2.63. The molecule has 0 spiro atoms. The fraction of sp³-hybridized carbons (Fsp3) is 1.00. The molecule has 10 heavy (non-hydrogen) atoms. The SMILES string of the molecule is CS(C)(I)N1CCSCC1. The van der Waals surface area contributed by atoms with Gasteiger partial charge in [0.25, 0.3) is 0 Å². The molecule has 0 unspecified atom stereocenters. The van der Waals surface area contributed by atoms with Crippen molar-refractivity contribution in [1.82, 2.24) is 4.31 Å². The van der Waals surface area contributed by atoms with Crippen LogP contribution in [0, 0.1) is 0 Å². The molecular weight excluding hydrogens is 277 g/mol. The largest absolute Gasteiger partial charge is 0.258 e. The van der Waals surface area contributed by atoms with Gasteiger partial charge in [0.15, 0.2) is 0 Å². The van der Waals surface area contributed by atoms with Crippen molar-refractivity contribution in [3.05, 3.63) is 0 Å². The van der Waals surface area contributed by atoms with Crippen molar-refractivity contribution in [2.75, 3.05) is 37.1 Å². The summed E-state index contributed by atoms with van der Waals surface area (Å²) in [4.78, 5) is 0. The fourth-order valence-corrected chi connectivity index (χ4v) is 4.35. The molecule has 1 saturated heterocycles. The van der Waals surface area contributed by atoms with Crippen LogP contribution in [0.1, 0.15) is 0 Å². The second kappa shape index (κ2) is 3.87. The van der Waals surface area contributed by atoms with Gasteiger partial charge in [-0.05, 0) is 33.7 Å². The lowest BCUT2D eigenvalue weighted by Crippen LogP contribution is -2.31. The van der Waals surface area contributed by atoms with E-state index < -0.39 is 7.39 Å². The zero-order valence-corrected chi connectivity index (χ0v) is 10.3. The number of hydrogen-bond donors (Lipinski definition) is 0. The lowest BCUT2D eigenvalue weighted by atomic mass is 10.6. The van der Waals surface area contributed by atoms with Crippen molar-refractivity contribution in [3.8, 4) is 0 Å². The van der Waals surface area contributed by atoms with Crippen molar-refractivity contribution in [1.29, 1.82) is 0 Å². The number of hydrogen-bond acceptors (Lipinski definition) is 2. The predicted octanol–water partition coefficient (Wildman–Crippen LogP) is 2.36. The summed E-state index contributed by atoms with van der Waals surface area (Å²) in [6, 6.07) is 0. The van der Waals surface area contributed by atoms with Gasteiger partial charge in [0.05, 0.1) is 0 Å². The highest BCUT2D eigenvalue weighted by Crippen LogP contribution is 2.52. The quantitative estimate of drug-likeness (QED) is 0.682. The first-order valence-corrected chi connectivity index (χ1v) is 9.47. The Labute approximate surface area is 81.3 Å². The van der Waals surface area contributed by atoms with Crippen LogP contribution in [0.2, 0.25) is 0 Å². The molecule has 62 valence electrons. The lowest BCUT2D eigenvalue weighted by Gasteiger charge is -2.40. The third kappa shape index (κ3) is 2.79. The number of nitrogens with zero attached hydrogens (tertiary/aromatic N) is 1. The summed E-state index contributed by atoms with van der Waals surface area (Å²) >= 11 is 4.68. The summed E-state index contributed by atoms with van der Waals surface area (Å²) in [5.74, 6) is 2.67. The van der Waals surface area contributed by atoms with Gasteiger partial charge >= 0.3 is 0 Å². The van der Waals surface area contributed by atoms with Crippen LogP contribution in [0.5, 0.6) is 0 Å². The molecule has 0 aliphatic carbocycles. The lowest BCUT2D eigenvalue weighted by molar-refractivity contribution is 0.517. The van der Waals surface area contributed by atoms with Gasteiger partial charge in [-0.15, -0.1) is 7.39 Å². The van der Waals surface area contributed by atoms with Crippen LogP contribution in [0.25, 0.3) is 0 Å². The van der Waals surface area contributed by atoms with E-state index in [1.165, 1.54) is 24.6 Å². The monoisotopic (exact) mass is 291 g/mol. The molecule has 1 rings (SSSR count). The summed E-state index contributed by atoms with van der Waals surface area (Å²) in [6.45, 7) is 2.60. The molecule has 1 aliphatic rings. The van der Waals surface area contributed by atoms with Crippen molar-refractivity contribution < 1.29 is 0 Å². The number of thioether (sulfide) groups is 1. The second-order valence-electron chi connectivity index (χ2n) is 2.69. The van der Waals surface area contributed by atoms with E-state index in [1.54, 1.807) is 0 Å². The molecule has 0 radical (unpaired) electrons. The minimum absolute atomic E-state index is 0.436. The first-order chi connectivity index (χ1) is 4.61. The minimum Gasteiger partial charge on any atom is -0.258 e. The van der Waals surface area contributed by atoms with Crippen LogP contribution >= 0.6 is 40.4 Å².